The minimum atomic E-state index is -0.216. The van der Waals surface area contributed by atoms with Gasteiger partial charge in [-0.1, -0.05) is 35.1 Å². The predicted molar refractivity (Wildman–Crippen MR) is 130 cm³/mol. The smallest absolute Gasteiger partial charge is 0.253 e. The van der Waals surface area contributed by atoms with Gasteiger partial charge in [0.15, 0.2) is 5.13 Å². The van der Waals surface area contributed by atoms with Gasteiger partial charge in [0.05, 0.1) is 39.9 Å². The van der Waals surface area contributed by atoms with Crippen molar-refractivity contribution in [3.05, 3.63) is 64.1 Å². The van der Waals surface area contributed by atoms with E-state index in [-0.39, 0.29) is 18.1 Å². The molecule has 1 fully saturated rings. The van der Waals surface area contributed by atoms with Crippen LogP contribution in [0.2, 0.25) is 5.02 Å². The van der Waals surface area contributed by atoms with E-state index in [0.717, 1.165) is 45.7 Å². The third-order valence-electron chi connectivity index (χ3n) is 5.25. The number of carbonyl (C=O) groups excluding carboxylic acids is 1. The van der Waals surface area contributed by atoms with Crippen molar-refractivity contribution in [3.8, 4) is 10.4 Å². The SMILES string of the molecule is Cc1cc(-c2sc(N3C[C@@H](C)O[C@@H](C)C3)nc2CNC(=O)c2ccccc2Cl)cc(C)n1. The van der Waals surface area contributed by atoms with Gasteiger partial charge in [-0.25, -0.2) is 4.98 Å². The van der Waals surface area contributed by atoms with Crippen molar-refractivity contribution in [2.75, 3.05) is 18.0 Å². The van der Waals surface area contributed by atoms with Crippen molar-refractivity contribution in [1.82, 2.24) is 15.3 Å². The van der Waals surface area contributed by atoms with Crippen LogP contribution in [0.1, 0.15) is 41.3 Å². The molecule has 0 radical (unpaired) electrons. The lowest BCUT2D eigenvalue weighted by Crippen LogP contribution is -2.45. The molecule has 4 rings (SSSR count). The average molecular weight is 471 g/mol. The monoisotopic (exact) mass is 470 g/mol. The molecule has 6 nitrogen and oxygen atoms in total. The van der Waals surface area contributed by atoms with E-state index < -0.39 is 0 Å². The van der Waals surface area contributed by atoms with Gasteiger partial charge in [0.1, 0.15) is 0 Å². The first-order valence-corrected chi connectivity index (χ1v) is 11.9. The number of aryl methyl sites for hydroxylation is 2. The molecule has 1 saturated heterocycles. The fourth-order valence-electron chi connectivity index (χ4n) is 4.02. The molecular weight excluding hydrogens is 444 g/mol. The molecule has 0 bridgehead atoms. The van der Waals surface area contributed by atoms with Gasteiger partial charge < -0.3 is 15.0 Å². The number of thiazole rings is 1. The first-order valence-electron chi connectivity index (χ1n) is 10.7. The lowest BCUT2D eigenvalue weighted by Gasteiger charge is -2.35. The van der Waals surface area contributed by atoms with Crippen molar-refractivity contribution in [1.29, 1.82) is 0 Å². The van der Waals surface area contributed by atoms with Crippen LogP contribution in [-0.2, 0) is 11.3 Å². The lowest BCUT2D eigenvalue weighted by molar-refractivity contribution is -0.00523. The number of halogens is 1. The fourth-order valence-corrected chi connectivity index (χ4v) is 5.33. The zero-order valence-corrected chi connectivity index (χ0v) is 20.3. The van der Waals surface area contributed by atoms with E-state index in [1.54, 1.807) is 29.5 Å². The molecule has 2 atom stereocenters. The Labute approximate surface area is 197 Å². The maximum absolute atomic E-state index is 12.7. The molecule has 168 valence electrons. The number of amides is 1. The Hall–Kier alpha value is -2.48. The van der Waals surface area contributed by atoms with E-state index >= 15 is 0 Å². The number of rotatable bonds is 5. The normalized spacial score (nSPS) is 18.6. The molecule has 1 aromatic carbocycles. The van der Waals surface area contributed by atoms with Gasteiger partial charge in [-0.3, -0.25) is 9.78 Å². The van der Waals surface area contributed by atoms with Crippen LogP contribution in [0.3, 0.4) is 0 Å². The molecule has 3 heterocycles. The summed E-state index contributed by atoms with van der Waals surface area (Å²) in [7, 11) is 0. The fraction of sp³-hybridized carbons (Fsp3) is 0.375. The molecule has 1 aliphatic rings. The molecule has 1 N–H and O–H groups in total. The number of aromatic nitrogens is 2. The Bertz CT molecular complexity index is 1100. The van der Waals surface area contributed by atoms with E-state index in [4.69, 9.17) is 21.3 Å². The largest absolute Gasteiger partial charge is 0.372 e. The van der Waals surface area contributed by atoms with E-state index in [0.29, 0.717) is 17.1 Å². The number of pyridine rings is 1. The number of morpholine rings is 1. The standard InChI is InChI=1S/C24H27ClN4O2S/c1-14-9-18(10-15(2)27-14)22-21(11-26-23(30)19-7-5-6-8-20(19)25)28-24(32-22)29-12-16(3)31-17(4)13-29/h5-10,16-17H,11-13H2,1-4H3,(H,26,30)/t16-,17+. The molecule has 0 aliphatic carbocycles. The molecule has 0 saturated carbocycles. The molecule has 32 heavy (non-hydrogen) atoms. The maximum Gasteiger partial charge on any atom is 0.253 e. The van der Waals surface area contributed by atoms with Gasteiger partial charge in [-0.15, -0.1) is 0 Å². The number of anilines is 1. The van der Waals surface area contributed by atoms with E-state index in [9.17, 15) is 4.79 Å². The summed E-state index contributed by atoms with van der Waals surface area (Å²) in [6, 6.07) is 11.2. The second-order valence-electron chi connectivity index (χ2n) is 8.24. The molecule has 0 spiro atoms. The highest BCUT2D eigenvalue weighted by atomic mass is 35.5. The van der Waals surface area contributed by atoms with Crippen LogP contribution in [0, 0.1) is 13.8 Å². The van der Waals surface area contributed by atoms with Crippen LogP contribution in [0.15, 0.2) is 36.4 Å². The summed E-state index contributed by atoms with van der Waals surface area (Å²) in [6.45, 7) is 10.0. The Morgan fingerprint density at radius 2 is 1.81 bits per heavy atom. The number of carbonyl (C=O) groups is 1. The maximum atomic E-state index is 12.7. The average Bonchev–Trinajstić information content (AvgIpc) is 3.15. The molecule has 0 unspecified atom stereocenters. The Balaban J connectivity index is 1.65. The van der Waals surface area contributed by atoms with Gasteiger partial charge in [0.25, 0.3) is 5.91 Å². The lowest BCUT2D eigenvalue weighted by atomic mass is 10.1. The third kappa shape index (κ3) is 5.11. The molecule has 3 aromatic rings. The molecular formula is C24H27ClN4O2S. The zero-order chi connectivity index (χ0) is 22.8. The number of ether oxygens (including phenoxy) is 1. The quantitative estimate of drug-likeness (QED) is 0.567. The van der Waals surface area contributed by atoms with E-state index in [2.05, 4.69) is 41.2 Å². The summed E-state index contributed by atoms with van der Waals surface area (Å²) < 4.78 is 5.89. The number of nitrogens with one attached hydrogen (secondary N) is 1. The van der Waals surface area contributed by atoms with E-state index in [1.807, 2.05) is 19.9 Å². The van der Waals surface area contributed by atoms with Gasteiger partial charge in [0.2, 0.25) is 0 Å². The first-order chi connectivity index (χ1) is 15.3. The summed E-state index contributed by atoms with van der Waals surface area (Å²) in [4.78, 5) is 25.5. The van der Waals surface area contributed by atoms with Crippen molar-refractivity contribution in [2.24, 2.45) is 0 Å². The second kappa shape index (κ2) is 9.57. The predicted octanol–water partition coefficient (Wildman–Crippen LogP) is 5.02. The van der Waals surface area contributed by atoms with Crippen LogP contribution < -0.4 is 10.2 Å². The summed E-state index contributed by atoms with van der Waals surface area (Å²) >= 11 is 7.84. The minimum absolute atomic E-state index is 0.139. The molecule has 8 heteroatoms. The number of benzene rings is 1. The number of hydrogen-bond acceptors (Lipinski definition) is 6. The highest BCUT2D eigenvalue weighted by molar-refractivity contribution is 7.19. The third-order valence-corrected chi connectivity index (χ3v) is 6.79. The number of nitrogens with zero attached hydrogens (tertiary/aromatic N) is 3. The van der Waals surface area contributed by atoms with E-state index in [1.165, 1.54) is 0 Å². The summed E-state index contributed by atoms with van der Waals surface area (Å²) in [5.41, 5.74) is 4.26. The van der Waals surface area contributed by atoms with Crippen LogP contribution in [0.4, 0.5) is 5.13 Å². The van der Waals surface area contributed by atoms with Gasteiger partial charge in [-0.05, 0) is 57.5 Å². The Kier molecular flexibility index (Phi) is 6.79. The van der Waals surface area contributed by atoms with Crippen LogP contribution >= 0.6 is 22.9 Å². The van der Waals surface area contributed by atoms with Gasteiger partial charge in [0, 0.05) is 24.5 Å². The zero-order valence-electron chi connectivity index (χ0n) is 18.7. The Morgan fingerprint density at radius 3 is 2.47 bits per heavy atom. The highest BCUT2D eigenvalue weighted by Crippen LogP contribution is 2.36. The topological polar surface area (TPSA) is 67.3 Å². The second-order valence-corrected chi connectivity index (χ2v) is 9.62. The van der Waals surface area contributed by atoms with Crippen LogP contribution in [0.5, 0.6) is 0 Å². The van der Waals surface area contributed by atoms with Crippen molar-refractivity contribution in [3.63, 3.8) is 0 Å². The van der Waals surface area contributed by atoms with Crippen LogP contribution in [0.25, 0.3) is 10.4 Å². The first kappa shape index (κ1) is 22.7. The Morgan fingerprint density at radius 1 is 1.16 bits per heavy atom. The van der Waals surface area contributed by atoms with Crippen molar-refractivity contribution >= 4 is 34.0 Å². The van der Waals surface area contributed by atoms with Gasteiger partial charge >= 0.3 is 0 Å². The minimum Gasteiger partial charge on any atom is -0.372 e. The van der Waals surface area contributed by atoms with Crippen molar-refractivity contribution in [2.45, 2.75) is 46.4 Å². The molecule has 1 amide bonds. The molecule has 2 aromatic heterocycles. The van der Waals surface area contributed by atoms with Crippen molar-refractivity contribution < 1.29 is 9.53 Å². The van der Waals surface area contributed by atoms with Crippen LogP contribution in [-0.4, -0.2) is 41.2 Å². The highest BCUT2D eigenvalue weighted by Gasteiger charge is 2.26. The summed E-state index contributed by atoms with van der Waals surface area (Å²) in [5.74, 6) is -0.216. The summed E-state index contributed by atoms with van der Waals surface area (Å²) in [6.07, 6.45) is 0.278. The van der Waals surface area contributed by atoms with Gasteiger partial charge in [-0.2, -0.15) is 0 Å². The number of hydrogen-bond donors (Lipinski definition) is 1. The summed E-state index contributed by atoms with van der Waals surface area (Å²) in [5, 5.41) is 4.36. The molecule has 1 aliphatic heterocycles.